The number of tetrazole rings is 1. The van der Waals surface area contributed by atoms with Gasteiger partial charge in [0.2, 0.25) is 0 Å². The monoisotopic (exact) mass is 419 g/mol. The van der Waals surface area contributed by atoms with Crippen LogP contribution in [0.3, 0.4) is 0 Å². The molecule has 1 N–H and O–H groups in total. The lowest BCUT2D eigenvalue weighted by atomic mass is 9.99. The third kappa shape index (κ3) is 4.82. The van der Waals surface area contributed by atoms with Crippen LogP contribution in [0.4, 0.5) is 0 Å². The molecule has 30 heavy (non-hydrogen) atoms. The number of hydrogen-bond acceptors (Lipinski definition) is 5. The van der Waals surface area contributed by atoms with Gasteiger partial charge in [0.15, 0.2) is 6.61 Å². The third-order valence-corrected chi connectivity index (χ3v) is 4.69. The number of benzene rings is 3. The Labute approximate surface area is 178 Å². The van der Waals surface area contributed by atoms with Crippen molar-refractivity contribution in [3.8, 4) is 11.4 Å². The molecule has 150 valence electrons. The number of carbonyl (C=O) groups is 1. The minimum absolute atomic E-state index is 0.129. The summed E-state index contributed by atoms with van der Waals surface area (Å²) in [6, 6.07) is 24.0. The Balaban J connectivity index is 1.46. The van der Waals surface area contributed by atoms with Crippen LogP contribution in [0.1, 0.15) is 17.2 Å². The summed E-state index contributed by atoms with van der Waals surface area (Å²) < 4.78 is 7.20. The Bertz CT molecular complexity index is 1100. The van der Waals surface area contributed by atoms with Crippen LogP contribution in [-0.2, 0) is 4.79 Å². The highest BCUT2D eigenvalue weighted by Crippen LogP contribution is 2.23. The van der Waals surface area contributed by atoms with Gasteiger partial charge in [-0.3, -0.25) is 4.79 Å². The van der Waals surface area contributed by atoms with Crippen LogP contribution < -0.4 is 10.1 Å². The Hall–Kier alpha value is -3.71. The molecule has 1 atom stereocenters. The molecule has 1 aromatic heterocycles. The van der Waals surface area contributed by atoms with Gasteiger partial charge in [0.25, 0.3) is 5.91 Å². The molecule has 0 aliphatic heterocycles. The lowest BCUT2D eigenvalue weighted by Gasteiger charge is -2.20. The molecule has 0 spiro atoms. The van der Waals surface area contributed by atoms with Crippen LogP contribution in [0.2, 0.25) is 5.02 Å². The number of halogens is 1. The van der Waals surface area contributed by atoms with E-state index in [2.05, 4.69) is 20.8 Å². The van der Waals surface area contributed by atoms with E-state index >= 15 is 0 Å². The molecule has 4 rings (SSSR count). The Morgan fingerprint density at radius 3 is 2.50 bits per heavy atom. The SMILES string of the molecule is O=C(COc1cccc(-n2cnnn2)c1)N[C@H](c1ccccc1)c1ccc(Cl)cc1. The van der Waals surface area contributed by atoms with Gasteiger partial charge >= 0.3 is 0 Å². The van der Waals surface area contributed by atoms with Crippen LogP contribution in [-0.4, -0.2) is 32.7 Å². The molecule has 0 saturated carbocycles. The zero-order valence-electron chi connectivity index (χ0n) is 15.9. The lowest BCUT2D eigenvalue weighted by molar-refractivity contribution is -0.123. The smallest absolute Gasteiger partial charge is 0.258 e. The van der Waals surface area contributed by atoms with E-state index in [9.17, 15) is 4.79 Å². The minimum Gasteiger partial charge on any atom is -0.484 e. The van der Waals surface area contributed by atoms with Crippen LogP contribution in [0.25, 0.3) is 5.69 Å². The number of nitrogens with zero attached hydrogens (tertiary/aromatic N) is 4. The van der Waals surface area contributed by atoms with E-state index in [4.69, 9.17) is 16.3 Å². The maximum absolute atomic E-state index is 12.7. The molecule has 1 heterocycles. The van der Waals surface area contributed by atoms with Crippen molar-refractivity contribution in [2.24, 2.45) is 0 Å². The van der Waals surface area contributed by atoms with Gasteiger partial charge in [0, 0.05) is 11.1 Å². The van der Waals surface area contributed by atoms with Crippen LogP contribution in [0.15, 0.2) is 85.2 Å². The fraction of sp³-hybridized carbons (Fsp3) is 0.0909. The molecule has 7 nitrogen and oxygen atoms in total. The molecule has 0 aliphatic rings. The number of ether oxygens (including phenoxy) is 1. The second-order valence-electron chi connectivity index (χ2n) is 6.50. The number of hydrogen-bond donors (Lipinski definition) is 1. The summed E-state index contributed by atoms with van der Waals surface area (Å²) in [7, 11) is 0. The number of rotatable bonds is 7. The topological polar surface area (TPSA) is 81.9 Å². The van der Waals surface area contributed by atoms with E-state index in [-0.39, 0.29) is 18.6 Å². The molecule has 1 amide bonds. The molecule has 0 aliphatic carbocycles. The molecule has 4 aromatic rings. The van der Waals surface area contributed by atoms with Crippen molar-refractivity contribution in [3.05, 3.63) is 101 Å². The lowest BCUT2D eigenvalue weighted by Crippen LogP contribution is -2.33. The average molecular weight is 420 g/mol. The van der Waals surface area contributed by atoms with Gasteiger partial charge in [-0.2, -0.15) is 0 Å². The zero-order chi connectivity index (χ0) is 20.8. The summed E-state index contributed by atoms with van der Waals surface area (Å²) in [6.07, 6.45) is 1.49. The highest BCUT2D eigenvalue weighted by Gasteiger charge is 2.17. The summed E-state index contributed by atoms with van der Waals surface area (Å²) in [4.78, 5) is 12.7. The van der Waals surface area contributed by atoms with Gasteiger partial charge in [-0.15, -0.1) is 5.10 Å². The maximum Gasteiger partial charge on any atom is 0.258 e. The summed E-state index contributed by atoms with van der Waals surface area (Å²) >= 11 is 6.01. The largest absolute Gasteiger partial charge is 0.484 e. The summed E-state index contributed by atoms with van der Waals surface area (Å²) in [5.74, 6) is 0.299. The fourth-order valence-electron chi connectivity index (χ4n) is 3.01. The van der Waals surface area contributed by atoms with Crippen molar-refractivity contribution in [3.63, 3.8) is 0 Å². The molecule has 0 saturated heterocycles. The molecule has 0 bridgehead atoms. The van der Waals surface area contributed by atoms with Crippen molar-refractivity contribution >= 4 is 17.5 Å². The van der Waals surface area contributed by atoms with Gasteiger partial charge in [-0.1, -0.05) is 60.1 Å². The van der Waals surface area contributed by atoms with Crippen molar-refractivity contribution in [2.45, 2.75) is 6.04 Å². The standard InChI is InChI=1S/C22H18ClN5O2/c23-18-11-9-17(10-12-18)22(16-5-2-1-3-6-16)25-21(29)14-30-20-8-4-7-19(13-20)28-15-24-26-27-28/h1-13,15,22H,14H2,(H,25,29)/t22-/m1/s1. The first-order valence-corrected chi connectivity index (χ1v) is 9.63. The summed E-state index contributed by atoms with van der Waals surface area (Å²) in [6.45, 7) is -0.129. The first-order valence-electron chi connectivity index (χ1n) is 9.25. The van der Waals surface area contributed by atoms with Gasteiger partial charge in [-0.05, 0) is 45.8 Å². The van der Waals surface area contributed by atoms with Gasteiger partial charge in [-0.25, -0.2) is 4.68 Å². The van der Waals surface area contributed by atoms with E-state index in [1.807, 2.05) is 54.6 Å². The third-order valence-electron chi connectivity index (χ3n) is 4.44. The first kappa shape index (κ1) is 19.6. The van der Waals surface area contributed by atoms with Gasteiger partial charge in [0.05, 0.1) is 11.7 Å². The van der Waals surface area contributed by atoms with Crippen LogP contribution >= 0.6 is 11.6 Å². The zero-order valence-corrected chi connectivity index (χ0v) is 16.6. The summed E-state index contributed by atoms with van der Waals surface area (Å²) in [5, 5.41) is 14.8. The Kier molecular flexibility index (Phi) is 6.01. The molecule has 8 heteroatoms. The average Bonchev–Trinajstić information content (AvgIpc) is 3.33. The van der Waals surface area contributed by atoms with E-state index < -0.39 is 0 Å². The normalized spacial score (nSPS) is 11.6. The fourth-order valence-corrected chi connectivity index (χ4v) is 3.13. The molecular weight excluding hydrogens is 402 g/mol. The van der Waals surface area contributed by atoms with Crippen LogP contribution in [0.5, 0.6) is 5.75 Å². The van der Waals surface area contributed by atoms with E-state index in [0.29, 0.717) is 10.8 Å². The quantitative estimate of drug-likeness (QED) is 0.495. The number of carbonyl (C=O) groups excluding carboxylic acids is 1. The number of nitrogens with one attached hydrogen (secondary N) is 1. The highest BCUT2D eigenvalue weighted by molar-refractivity contribution is 6.30. The van der Waals surface area contributed by atoms with Gasteiger partial charge in [0.1, 0.15) is 12.1 Å². The molecule has 0 unspecified atom stereocenters. The second-order valence-corrected chi connectivity index (χ2v) is 6.94. The van der Waals surface area contributed by atoms with Crippen LogP contribution in [0, 0.1) is 0 Å². The first-order chi connectivity index (χ1) is 14.7. The van der Waals surface area contributed by atoms with Crippen molar-refractivity contribution in [2.75, 3.05) is 6.61 Å². The molecular formula is C22H18ClN5O2. The second kappa shape index (κ2) is 9.19. The molecule has 3 aromatic carbocycles. The summed E-state index contributed by atoms with van der Waals surface area (Å²) in [5.41, 5.74) is 2.63. The van der Waals surface area contributed by atoms with Crippen molar-refractivity contribution in [1.82, 2.24) is 25.5 Å². The predicted molar refractivity (Wildman–Crippen MR) is 113 cm³/mol. The predicted octanol–water partition coefficient (Wildman–Crippen LogP) is 3.60. The number of aromatic nitrogens is 4. The number of amides is 1. The van der Waals surface area contributed by atoms with Crippen molar-refractivity contribution in [1.29, 1.82) is 0 Å². The highest BCUT2D eigenvalue weighted by atomic mass is 35.5. The Morgan fingerprint density at radius 2 is 1.77 bits per heavy atom. The maximum atomic E-state index is 12.7. The van der Waals surface area contributed by atoms with E-state index in [0.717, 1.165) is 16.8 Å². The van der Waals surface area contributed by atoms with E-state index in [1.54, 1.807) is 24.3 Å². The Morgan fingerprint density at radius 1 is 1.00 bits per heavy atom. The van der Waals surface area contributed by atoms with Gasteiger partial charge < -0.3 is 10.1 Å². The molecule has 0 fully saturated rings. The minimum atomic E-state index is -0.313. The molecule has 0 radical (unpaired) electrons. The van der Waals surface area contributed by atoms with Crippen molar-refractivity contribution < 1.29 is 9.53 Å². The van der Waals surface area contributed by atoms with E-state index in [1.165, 1.54) is 11.0 Å².